The lowest BCUT2D eigenvalue weighted by molar-refractivity contribution is -0.109. The van der Waals surface area contributed by atoms with E-state index in [1.807, 2.05) is 28.7 Å². The van der Waals surface area contributed by atoms with E-state index in [-0.39, 0.29) is 3.79 Å². The molecule has 0 saturated carbocycles. The molecule has 0 saturated heterocycles. The Balaban J connectivity index is 2.90. The fourth-order valence-electron chi connectivity index (χ4n) is 0.277. The van der Waals surface area contributed by atoms with Crippen LogP contribution in [0, 0.1) is 0 Å². The summed E-state index contributed by atoms with van der Waals surface area (Å²) < 4.78 is 0.240. The molecule has 1 nitrogen and oxygen atoms in total. The lowest BCUT2D eigenvalue weighted by Crippen LogP contribution is -1.85. The second kappa shape index (κ2) is 7.94. The maximum atomic E-state index is 10.4. The molecular weight excluding hydrogens is 279 g/mol. The van der Waals surface area contributed by atoms with Crippen LogP contribution in [-0.4, -0.2) is 15.3 Å². The summed E-state index contributed by atoms with van der Waals surface area (Å²) in [7, 11) is 3.46. The molecule has 58 valence electrons. The molecule has 0 aliphatic rings. The standard InChI is InChI=1S/C6H9IOS2/c1-2-4-9-10-5-3-6(7)8/h2H,1,3-5H2. The lowest BCUT2D eigenvalue weighted by Gasteiger charge is -1.93. The molecule has 0 atom stereocenters. The number of hydrogen-bond donors (Lipinski definition) is 0. The largest absolute Gasteiger partial charge is 0.288 e. The van der Waals surface area contributed by atoms with Crippen LogP contribution in [0.1, 0.15) is 6.42 Å². The number of carbonyl (C=O) groups is 1. The van der Waals surface area contributed by atoms with E-state index in [2.05, 4.69) is 6.58 Å². The van der Waals surface area contributed by atoms with Gasteiger partial charge in [-0.05, 0) is 22.6 Å². The van der Waals surface area contributed by atoms with Gasteiger partial charge in [-0.25, -0.2) is 0 Å². The normalized spacial score (nSPS) is 9.30. The fourth-order valence-corrected chi connectivity index (χ4v) is 2.67. The van der Waals surface area contributed by atoms with Crippen molar-refractivity contribution in [3.8, 4) is 0 Å². The molecule has 0 aromatic heterocycles. The summed E-state index contributed by atoms with van der Waals surface area (Å²) in [5, 5.41) is 0. The number of rotatable bonds is 6. The molecule has 4 heteroatoms. The molecule has 0 heterocycles. The molecule has 0 N–H and O–H groups in total. The maximum Gasteiger partial charge on any atom is 0.193 e. The molecule has 0 fully saturated rings. The Morgan fingerprint density at radius 3 is 2.80 bits per heavy atom. The van der Waals surface area contributed by atoms with Crippen LogP contribution >= 0.6 is 44.2 Å². The van der Waals surface area contributed by atoms with Crippen molar-refractivity contribution in [3.05, 3.63) is 12.7 Å². The molecule has 0 spiro atoms. The SMILES string of the molecule is C=CCSSCCC(=O)I. The monoisotopic (exact) mass is 288 g/mol. The van der Waals surface area contributed by atoms with Gasteiger partial charge in [0, 0.05) is 17.9 Å². The highest BCUT2D eigenvalue weighted by atomic mass is 127. The van der Waals surface area contributed by atoms with Crippen molar-refractivity contribution in [2.75, 3.05) is 11.5 Å². The predicted molar refractivity (Wildman–Crippen MR) is 58.8 cm³/mol. The Labute approximate surface area is 82.9 Å². The van der Waals surface area contributed by atoms with Crippen LogP contribution in [-0.2, 0) is 4.79 Å². The first-order chi connectivity index (χ1) is 4.77. The minimum Gasteiger partial charge on any atom is -0.288 e. The van der Waals surface area contributed by atoms with Gasteiger partial charge in [0.05, 0.1) is 0 Å². The first-order valence-electron chi connectivity index (χ1n) is 2.81. The van der Waals surface area contributed by atoms with Crippen molar-refractivity contribution in [1.82, 2.24) is 0 Å². The third-order valence-electron chi connectivity index (χ3n) is 0.651. The summed E-state index contributed by atoms with van der Waals surface area (Å²) in [6.07, 6.45) is 2.54. The average molecular weight is 288 g/mol. The van der Waals surface area contributed by atoms with Gasteiger partial charge in [0.15, 0.2) is 3.79 Å². The van der Waals surface area contributed by atoms with Crippen molar-refractivity contribution in [2.24, 2.45) is 0 Å². The van der Waals surface area contributed by atoms with E-state index in [4.69, 9.17) is 0 Å². The summed E-state index contributed by atoms with van der Waals surface area (Å²) in [6.45, 7) is 3.59. The first kappa shape index (κ1) is 10.8. The molecule has 0 unspecified atom stereocenters. The molecule has 0 aromatic rings. The topological polar surface area (TPSA) is 17.1 Å². The Bertz CT molecular complexity index is 116. The predicted octanol–water partition coefficient (Wildman–Crippen LogP) is 2.91. The Morgan fingerprint density at radius 2 is 2.30 bits per heavy atom. The van der Waals surface area contributed by atoms with Crippen LogP contribution < -0.4 is 0 Å². The zero-order valence-electron chi connectivity index (χ0n) is 5.51. The van der Waals surface area contributed by atoms with E-state index in [0.717, 1.165) is 11.5 Å². The Hall–Kier alpha value is 0.840. The fraction of sp³-hybridized carbons (Fsp3) is 0.500. The summed E-state index contributed by atoms with van der Waals surface area (Å²) in [5.74, 6) is 1.88. The van der Waals surface area contributed by atoms with E-state index in [1.54, 1.807) is 21.6 Å². The van der Waals surface area contributed by atoms with Gasteiger partial charge in [-0.15, -0.1) is 6.58 Å². The van der Waals surface area contributed by atoms with Gasteiger partial charge in [-0.2, -0.15) is 0 Å². The molecule has 0 amide bonds. The van der Waals surface area contributed by atoms with Crippen LogP contribution in [0.3, 0.4) is 0 Å². The third-order valence-corrected chi connectivity index (χ3v) is 3.51. The highest BCUT2D eigenvalue weighted by Crippen LogP contribution is 2.21. The van der Waals surface area contributed by atoms with Crippen molar-refractivity contribution >= 4 is 48.0 Å². The first-order valence-corrected chi connectivity index (χ1v) is 6.37. The van der Waals surface area contributed by atoms with Crippen LogP contribution in [0.25, 0.3) is 0 Å². The molecule has 10 heavy (non-hydrogen) atoms. The molecule has 0 aromatic carbocycles. The average Bonchev–Trinajstić information content (AvgIpc) is 1.87. The summed E-state index contributed by atoms with van der Waals surface area (Å²) >= 11 is 1.82. The minimum absolute atomic E-state index is 0.240. The highest BCUT2D eigenvalue weighted by molar-refractivity contribution is 14.1. The van der Waals surface area contributed by atoms with Crippen LogP contribution in [0.4, 0.5) is 0 Å². The third kappa shape index (κ3) is 8.84. The van der Waals surface area contributed by atoms with Gasteiger partial charge in [-0.3, -0.25) is 4.79 Å². The number of hydrogen-bond acceptors (Lipinski definition) is 3. The Kier molecular flexibility index (Phi) is 8.61. The molecule has 0 bridgehead atoms. The summed E-state index contributed by atoms with van der Waals surface area (Å²) in [6, 6.07) is 0. The van der Waals surface area contributed by atoms with E-state index in [0.29, 0.717) is 6.42 Å². The Morgan fingerprint density at radius 1 is 1.60 bits per heavy atom. The van der Waals surface area contributed by atoms with Gasteiger partial charge in [0.25, 0.3) is 0 Å². The van der Waals surface area contributed by atoms with Gasteiger partial charge < -0.3 is 0 Å². The molecule has 0 rings (SSSR count). The summed E-state index contributed by atoms with van der Waals surface area (Å²) in [4.78, 5) is 10.4. The number of halogens is 1. The second-order valence-electron chi connectivity index (χ2n) is 1.50. The van der Waals surface area contributed by atoms with Crippen molar-refractivity contribution in [2.45, 2.75) is 6.42 Å². The van der Waals surface area contributed by atoms with Crippen LogP contribution in [0.5, 0.6) is 0 Å². The lowest BCUT2D eigenvalue weighted by atomic mass is 10.6. The number of carbonyl (C=O) groups excluding carboxylic acids is 1. The van der Waals surface area contributed by atoms with Crippen LogP contribution in [0.2, 0.25) is 0 Å². The van der Waals surface area contributed by atoms with Gasteiger partial charge in [-0.1, -0.05) is 27.7 Å². The zero-order chi connectivity index (χ0) is 7.82. The van der Waals surface area contributed by atoms with E-state index in [1.165, 1.54) is 0 Å². The van der Waals surface area contributed by atoms with E-state index >= 15 is 0 Å². The highest BCUT2D eigenvalue weighted by Gasteiger charge is 1.94. The molecule has 0 radical (unpaired) electrons. The van der Waals surface area contributed by atoms with Gasteiger partial charge in [0.1, 0.15) is 0 Å². The maximum absolute atomic E-state index is 10.4. The van der Waals surface area contributed by atoms with Crippen molar-refractivity contribution in [1.29, 1.82) is 0 Å². The quantitative estimate of drug-likeness (QED) is 0.246. The van der Waals surface area contributed by atoms with Gasteiger partial charge in [0.2, 0.25) is 0 Å². The molecule has 0 aliphatic heterocycles. The molecular formula is C6H9IOS2. The van der Waals surface area contributed by atoms with Crippen molar-refractivity contribution in [3.63, 3.8) is 0 Å². The second-order valence-corrected chi connectivity index (χ2v) is 5.33. The van der Waals surface area contributed by atoms with Gasteiger partial charge >= 0.3 is 0 Å². The summed E-state index contributed by atoms with van der Waals surface area (Å²) in [5.41, 5.74) is 0. The molecule has 0 aliphatic carbocycles. The minimum atomic E-state index is 0.240. The van der Waals surface area contributed by atoms with Crippen LogP contribution in [0.15, 0.2) is 12.7 Å². The smallest absolute Gasteiger partial charge is 0.193 e. The van der Waals surface area contributed by atoms with Crippen molar-refractivity contribution < 1.29 is 4.79 Å². The zero-order valence-corrected chi connectivity index (χ0v) is 9.30. The van der Waals surface area contributed by atoms with E-state index in [9.17, 15) is 4.79 Å². The van der Waals surface area contributed by atoms with E-state index < -0.39 is 0 Å².